The average molecular weight is 596 g/mol. The molecule has 9 heteroatoms. The summed E-state index contributed by atoms with van der Waals surface area (Å²) in [6, 6.07) is 22.4. The number of hydrogen-bond acceptors (Lipinski definition) is 6. The molecule has 0 bridgehead atoms. The van der Waals surface area contributed by atoms with Crippen molar-refractivity contribution in [2.24, 2.45) is 0 Å². The number of carbonyl (C=O) groups is 1. The number of H-pyrrole nitrogens is 1. The normalized spacial score (nSPS) is 11.4. The van der Waals surface area contributed by atoms with Gasteiger partial charge in [0.2, 0.25) is 0 Å². The number of aromatic amines is 1. The summed E-state index contributed by atoms with van der Waals surface area (Å²) in [5.74, 6) is 0.312. The van der Waals surface area contributed by atoms with E-state index in [4.69, 9.17) is 4.74 Å². The van der Waals surface area contributed by atoms with Gasteiger partial charge in [0.05, 0.1) is 23.7 Å². The zero-order valence-corrected chi connectivity index (χ0v) is 25.5. The van der Waals surface area contributed by atoms with E-state index in [0.29, 0.717) is 44.9 Å². The maximum absolute atomic E-state index is 14.0. The third kappa shape index (κ3) is 7.24. The van der Waals surface area contributed by atoms with Crippen LogP contribution in [0, 0.1) is 5.82 Å². The number of ether oxygens (including phenoxy) is 1. The van der Waals surface area contributed by atoms with E-state index in [0.717, 1.165) is 38.3 Å². The van der Waals surface area contributed by atoms with E-state index in [1.807, 2.05) is 12.1 Å². The van der Waals surface area contributed by atoms with E-state index in [1.165, 1.54) is 30.9 Å². The number of imidazole rings is 1. The fourth-order valence-corrected chi connectivity index (χ4v) is 5.09. The number of phenolic OH excluding ortho intramolecular Hbond substituents is 1. The van der Waals surface area contributed by atoms with Crippen LogP contribution in [0.4, 0.5) is 10.1 Å². The van der Waals surface area contributed by atoms with Gasteiger partial charge in [-0.15, -0.1) is 0 Å². The number of halogens is 1. The topological polar surface area (TPSA) is 93.7 Å². The average Bonchev–Trinajstić information content (AvgIpc) is 3.45. The molecule has 0 aliphatic heterocycles. The lowest BCUT2D eigenvalue weighted by atomic mass is 10.0. The highest BCUT2D eigenvalue weighted by Gasteiger charge is 2.16. The lowest BCUT2D eigenvalue weighted by molar-refractivity contribution is 0.102. The first-order valence-electron chi connectivity index (χ1n) is 14.7. The second-order valence-corrected chi connectivity index (χ2v) is 11.0. The van der Waals surface area contributed by atoms with Crippen LogP contribution in [-0.4, -0.2) is 78.2 Å². The monoisotopic (exact) mass is 595 g/mol. The number of likely N-dealkylation sites (N-methyl/N-ethyl adjacent to an activating group) is 2. The van der Waals surface area contributed by atoms with Crippen LogP contribution in [0.5, 0.6) is 11.5 Å². The second kappa shape index (κ2) is 13.7. The van der Waals surface area contributed by atoms with Crippen LogP contribution in [0.3, 0.4) is 0 Å². The molecule has 0 saturated carbocycles. The molecule has 0 aliphatic carbocycles. The van der Waals surface area contributed by atoms with E-state index < -0.39 is 5.82 Å². The molecule has 0 spiro atoms. The summed E-state index contributed by atoms with van der Waals surface area (Å²) in [5.41, 5.74) is 5.34. The summed E-state index contributed by atoms with van der Waals surface area (Å²) in [6.45, 7) is 6.26. The van der Waals surface area contributed by atoms with Crippen LogP contribution in [0.15, 0.2) is 78.9 Å². The molecule has 0 unspecified atom stereocenters. The number of nitrogens with zero attached hydrogens (tertiary/aromatic N) is 3. The Kier molecular flexibility index (Phi) is 9.57. The van der Waals surface area contributed by atoms with E-state index in [2.05, 4.69) is 58.2 Å². The molecule has 1 heterocycles. The standard InChI is InChI=1S/C35H38FN5O3/c1-5-41(19-18-40(2)3)17-16-23-6-11-27(12-7-23)37-35(43)25-8-13-30-31(21-25)39-34(38-30)29-20-24(9-14-32(29)42)28-22-26(36)10-15-33(28)44-4/h6-15,20-22,42H,5,16-19H2,1-4H3,(H,37,43)(H,38,39). The van der Waals surface area contributed by atoms with Gasteiger partial charge < -0.3 is 29.9 Å². The molecular weight excluding hydrogens is 557 g/mol. The Morgan fingerprint density at radius 1 is 0.955 bits per heavy atom. The van der Waals surface area contributed by atoms with Crippen molar-refractivity contribution in [2.75, 3.05) is 52.7 Å². The van der Waals surface area contributed by atoms with Gasteiger partial charge in [-0.1, -0.05) is 25.1 Å². The fourth-order valence-electron chi connectivity index (χ4n) is 5.09. The van der Waals surface area contributed by atoms with Crippen molar-refractivity contribution in [3.8, 4) is 34.0 Å². The summed E-state index contributed by atoms with van der Waals surface area (Å²) < 4.78 is 19.4. The van der Waals surface area contributed by atoms with Crippen LogP contribution < -0.4 is 10.1 Å². The minimum atomic E-state index is -0.393. The van der Waals surface area contributed by atoms with Gasteiger partial charge in [0, 0.05) is 36.4 Å². The van der Waals surface area contributed by atoms with Crippen molar-refractivity contribution in [3.63, 3.8) is 0 Å². The molecule has 0 saturated heterocycles. The Morgan fingerprint density at radius 2 is 1.75 bits per heavy atom. The number of nitrogens with one attached hydrogen (secondary N) is 2. The highest BCUT2D eigenvalue weighted by molar-refractivity contribution is 6.06. The van der Waals surface area contributed by atoms with E-state index in [1.54, 1.807) is 36.4 Å². The van der Waals surface area contributed by atoms with Crippen LogP contribution >= 0.6 is 0 Å². The molecular formula is C35H38FN5O3. The summed E-state index contributed by atoms with van der Waals surface area (Å²) >= 11 is 0. The van der Waals surface area contributed by atoms with Gasteiger partial charge in [0.1, 0.15) is 23.1 Å². The predicted octanol–water partition coefficient (Wildman–Crippen LogP) is 6.43. The van der Waals surface area contributed by atoms with Crippen LogP contribution in [0.1, 0.15) is 22.8 Å². The third-order valence-corrected chi connectivity index (χ3v) is 7.71. The Hall–Kier alpha value is -4.73. The quantitative estimate of drug-likeness (QED) is 0.154. The molecule has 8 nitrogen and oxygen atoms in total. The van der Waals surface area contributed by atoms with E-state index in [9.17, 15) is 14.3 Å². The van der Waals surface area contributed by atoms with Crippen molar-refractivity contribution in [2.45, 2.75) is 13.3 Å². The fraction of sp³-hybridized carbons (Fsp3) is 0.257. The molecule has 228 valence electrons. The maximum Gasteiger partial charge on any atom is 0.255 e. The van der Waals surface area contributed by atoms with Crippen molar-refractivity contribution in [1.82, 2.24) is 19.8 Å². The number of methoxy groups -OCH3 is 1. The number of amides is 1. The van der Waals surface area contributed by atoms with Gasteiger partial charge in [-0.2, -0.15) is 0 Å². The third-order valence-electron chi connectivity index (χ3n) is 7.71. The number of aromatic nitrogens is 2. The Morgan fingerprint density at radius 3 is 2.48 bits per heavy atom. The largest absolute Gasteiger partial charge is 0.507 e. The summed E-state index contributed by atoms with van der Waals surface area (Å²) in [6.07, 6.45) is 0.946. The van der Waals surface area contributed by atoms with Gasteiger partial charge in [0.15, 0.2) is 0 Å². The highest BCUT2D eigenvalue weighted by Crippen LogP contribution is 2.37. The number of rotatable bonds is 12. The molecule has 0 atom stereocenters. The number of anilines is 1. The lowest BCUT2D eigenvalue weighted by Crippen LogP contribution is -2.33. The van der Waals surface area contributed by atoms with Crippen LogP contribution in [-0.2, 0) is 6.42 Å². The summed E-state index contributed by atoms with van der Waals surface area (Å²) in [7, 11) is 5.70. The maximum atomic E-state index is 14.0. The molecule has 5 aromatic rings. The Balaban J connectivity index is 1.29. The number of phenols is 1. The lowest BCUT2D eigenvalue weighted by Gasteiger charge is -2.22. The number of carbonyl (C=O) groups excluding carboxylic acids is 1. The molecule has 1 aromatic heterocycles. The first-order valence-corrected chi connectivity index (χ1v) is 14.7. The molecule has 44 heavy (non-hydrogen) atoms. The van der Waals surface area contributed by atoms with Crippen molar-refractivity contribution in [1.29, 1.82) is 0 Å². The van der Waals surface area contributed by atoms with Gasteiger partial charge in [-0.05, 0) is 98.9 Å². The van der Waals surface area contributed by atoms with E-state index in [-0.39, 0.29) is 11.7 Å². The van der Waals surface area contributed by atoms with Crippen molar-refractivity contribution in [3.05, 3.63) is 95.8 Å². The van der Waals surface area contributed by atoms with Gasteiger partial charge in [-0.25, -0.2) is 9.37 Å². The Labute approximate surface area is 257 Å². The van der Waals surface area contributed by atoms with Crippen molar-refractivity contribution >= 4 is 22.6 Å². The molecule has 0 radical (unpaired) electrons. The number of fused-ring (bicyclic) bond motifs is 1. The van der Waals surface area contributed by atoms with Gasteiger partial charge in [-0.3, -0.25) is 4.79 Å². The zero-order valence-electron chi connectivity index (χ0n) is 25.5. The molecule has 0 fully saturated rings. The molecule has 5 rings (SSSR count). The number of hydrogen-bond donors (Lipinski definition) is 3. The summed E-state index contributed by atoms with van der Waals surface area (Å²) in [4.78, 5) is 25.6. The first kappa shape index (κ1) is 30.7. The SMILES string of the molecule is CCN(CCc1ccc(NC(=O)c2ccc3[nH]c(-c4cc(-c5cc(F)ccc5OC)ccc4O)nc3c2)cc1)CCN(C)C. The molecule has 4 aromatic carbocycles. The Bertz CT molecular complexity index is 1750. The molecule has 0 aliphatic rings. The van der Waals surface area contributed by atoms with Crippen LogP contribution in [0.25, 0.3) is 33.5 Å². The minimum absolute atomic E-state index is 0.0144. The van der Waals surface area contributed by atoms with E-state index >= 15 is 0 Å². The first-order chi connectivity index (χ1) is 21.2. The van der Waals surface area contributed by atoms with Crippen molar-refractivity contribution < 1.29 is 19.0 Å². The smallest absolute Gasteiger partial charge is 0.255 e. The zero-order chi connectivity index (χ0) is 31.2. The second-order valence-electron chi connectivity index (χ2n) is 11.0. The van der Waals surface area contributed by atoms with Crippen LogP contribution in [0.2, 0.25) is 0 Å². The molecule has 3 N–H and O–H groups in total. The number of aromatic hydroxyl groups is 1. The highest BCUT2D eigenvalue weighted by atomic mass is 19.1. The van der Waals surface area contributed by atoms with Gasteiger partial charge in [0.25, 0.3) is 5.91 Å². The predicted molar refractivity (Wildman–Crippen MR) is 174 cm³/mol. The van der Waals surface area contributed by atoms with Gasteiger partial charge >= 0.3 is 0 Å². The number of benzene rings is 4. The minimum Gasteiger partial charge on any atom is -0.507 e. The summed E-state index contributed by atoms with van der Waals surface area (Å²) in [5, 5.41) is 13.6. The molecule has 1 amide bonds.